The summed E-state index contributed by atoms with van der Waals surface area (Å²) in [6.07, 6.45) is 1.76. The summed E-state index contributed by atoms with van der Waals surface area (Å²) in [5.41, 5.74) is 2.69. The van der Waals surface area contributed by atoms with Crippen molar-refractivity contribution in [1.82, 2.24) is 14.9 Å². The van der Waals surface area contributed by atoms with Crippen molar-refractivity contribution in [2.45, 2.75) is 37.5 Å². The largest absolute Gasteiger partial charge is 0.353 e. The number of fused-ring (bicyclic) bond motifs is 1. The fraction of sp³-hybridized carbons (Fsp3) is 0.222. The van der Waals surface area contributed by atoms with Crippen molar-refractivity contribution in [2.75, 3.05) is 5.75 Å². The molecule has 0 radical (unpaired) electrons. The first kappa shape index (κ1) is 24.0. The maximum atomic E-state index is 13.2. The highest BCUT2D eigenvalue weighted by molar-refractivity contribution is 7.99. The van der Waals surface area contributed by atoms with Gasteiger partial charge in [-0.3, -0.25) is 14.2 Å². The number of hydrogen-bond acceptors (Lipinski definition) is 4. The number of carbonyl (C=O) groups is 1. The third kappa shape index (κ3) is 6.27. The minimum atomic E-state index is -0.125. The fourth-order valence-corrected chi connectivity index (χ4v) is 4.65. The molecule has 7 heteroatoms. The van der Waals surface area contributed by atoms with Crippen LogP contribution in [0.3, 0.4) is 0 Å². The Morgan fingerprint density at radius 3 is 2.47 bits per heavy atom. The summed E-state index contributed by atoms with van der Waals surface area (Å²) in [6.45, 7) is 2.36. The molecule has 174 valence electrons. The number of nitrogens with one attached hydrogen (secondary N) is 1. The van der Waals surface area contributed by atoms with Gasteiger partial charge in [0.2, 0.25) is 5.91 Å². The molecule has 1 heterocycles. The molecular weight excluding hydrogens is 466 g/mol. The van der Waals surface area contributed by atoms with E-state index < -0.39 is 0 Å². The van der Waals surface area contributed by atoms with Gasteiger partial charge < -0.3 is 5.32 Å². The van der Waals surface area contributed by atoms with Crippen LogP contribution in [0.2, 0.25) is 5.02 Å². The Bertz CT molecular complexity index is 1320. The van der Waals surface area contributed by atoms with Crippen LogP contribution in [0.15, 0.2) is 88.8 Å². The molecule has 0 fully saturated rings. The van der Waals surface area contributed by atoms with E-state index in [2.05, 4.69) is 17.4 Å². The minimum Gasteiger partial charge on any atom is -0.353 e. The van der Waals surface area contributed by atoms with Crippen molar-refractivity contribution in [3.05, 3.63) is 105 Å². The molecule has 1 N–H and O–H groups in total. The minimum absolute atomic E-state index is 0.0501. The zero-order chi connectivity index (χ0) is 23.9. The third-order valence-corrected chi connectivity index (χ3v) is 6.76. The topological polar surface area (TPSA) is 64.0 Å². The molecular formula is C27H26ClN3O2S. The van der Waals surface area contributed by atoms with E-state index in [0.717, 1.165) is 18.4 Å². The summed E-state index contributed by atoms with van der Waals surface area (Å²) in [6, 6.07) is 24.9. The second kappa shape index (κ2) is 11.4. The molecule has 0 saturated carbocycles. The van der Waals surface area contributed by atoms with E-state index in [4.69, 9.17) is 16.6 Å². The van der Waals surface area contributed by atoms with E-state index >= 15 is 0 Å². The van der Waals surface area contributed by atoms with Crippen LogP contribution < -0.4 is 10.9 Å². The number of amides is 1. The first-order chi connectivity index (χ1) is 16.5. The number of aromatic nitrogens is 2. The lowest BCUT2D eigenvalue weighted by Gasteiger charge is -2.15. The number of thioether (sulfide) groups is 1. The van der Waals surface area contributed by atoms with Gasteiger partial charge in [-0.15, -0.1) is 0 Å². The second-order valence-corrected chi connectivity index (χ2v) is 9.59. The lowest BCUT2D eigenvalue weighted by Crippen LogP contribution is -2.34. The molecule has 0 aliphatic rings. The quantitative estimate of drug-likeness (QED) is 0.254. The SMILES string of the molecule is C[C@@H](CCc1ccccc1)NC(=O)CSc1nc2ccccc2c(=O)n1Cc1ccc(Cl)cc1. The van der Waals surface area contributed by atoms with E-state index in [-0.39, 0.29) is 23.3 Å². The van der Waals surface area contributed by atoms with Crippen molar-refractivity contribution in [3.8, 4) is 0 Å². The summed E-state index contributed by atoms with van der Waals surface area (Å²) in [5.74, 6) is 0.104. The van der Waals surface area contributed by atoms with Gasteiger partial charge in [0.25, 0.3) is 5.56 Å². The van der Waals surface area contributed by atoms with Crippen LogP contribution in [-0.4, -0.2) is 27.3 Å². The molecule has 4 rings (SSSR count). The second-order valence-electron chi connectivity index (χ2n) is 8.21. The maximum Gasteiger partial charge on any atom is 0.262 e. The Labute approximate surface area is 208 Å². The molecule has 0 unspecified atom stereocenters. The Balaban J connectivity index is 1.46. The molecule has 5 nitrogen and oxygen atoms in total. The van der Waals surface area contributed by atoms with Crippen LogP contribution in [0.5, 0.6) is 0 Å². The molecule has 0 aliphatic heterocycles. The number of rotatable bonds is 9. The molecule has 0 spiro atoms. The molecule has 4 aromatic rings. The van der Waals surface area contributed by atoms with Crippen LogP contribution in [0.1, 0.15) is 24.5 Å². The van der Waals surface area contributed by atoms with Gasteiger partial charge in [0.15, 0.2) is 5.16 Å². The molecule has 0 saturated heterocycles. The van der Waals surface area contributed by atoms with Crippen molar-refractivity contribution >= 4 is 40.2 Å². The van der Waals surface area contributed by atoms with Crippen LogP contribution in [0, 0.1) is 0 Å². The number of para-hydroxylation sites is 1. The van der Waals surface area contributed by atoms with Crippen molar-refractivity contribution in [3.63, 3.8) is 0 Å². The summed E-state index contributed by atoms with van der Waals surface area (Å²) >= 11 is 7.29. The van der Waals surface area contributed by atoms with E-state index in [1.807, 2.05) is 55.5 Å². The monoisotopic (exact) mass is 491 g/mol. The van der Waals surface area contributed by atoms with Crippen LogP contribution in [0.25, 0.3) is 10.9 Å². The number of nitrogens with zero attached hydrogens (tertiary/aromatic N) is 2. The molecule has 0 bridgehead atoms. The van der Waals surface area contributed by atoms with Crippen LogP contribution in [0.4, 0.5) is 0 Å². The standard InChI is InChI=1S/C27H26ClN3O2S/c1-19(11-12-20-7-3-2-4-8-20)29-25(32)18-34-27-30-24-10-6-5-9-23(24)26(33)31(27)17-21-13-15-22(28)16-14-21/h2-10,13-16,19H,11-12,17-18H2,1H3,(H,29,32)/t19-/m0/s1. The van der Waals surface area contributed by atoms with Crippen molar-refractivity contribution in [1.29, 1.82) is 0 Å². The predicted molar refractivity (Wildman–Crippen MR) is 140 cm³/mol. The summed E-state index contributed by atoms with van der Waals surface area (Å²) in [7, 11) is 0. The van der Waals surface area contributed by atoms with Gasteiger partial charge >= 0.3 is 0 Å². The van der Waals surface area contributed by atoms with Gasteiger partial charge in [0.1, 0.15) is 0 Å². The normalized spacial score (nSPS) is 11.9. The molecule has 1 aromatic heterocycles. The average molecular weight is 492 g/mol. The highest BCUT2D eigenvalue weighted by atomic mass is 35.5. The molecule has 0 aliphatic carbocycles. The van der Waals surface area contributed by atoms with E-state index in [0.29, 0.717) is 27.6 Å². The van der Waals surface area contributed by atoms with Crippen LogP contribution >= 0.6 is 23.4 Å². The van der Waals surface area contributed by atoms with Crippen molar-refractivity contribution < 1.29 is 4.79 Å². The Morgan fingerprint density at radius 2 is 1.71 bits per heavy atom. The zero-order valence-corrected chi connectivity index (χ0v) is 20.5. The van der Waals surface area contributed by atoms with Gasteiger partial charge in [-0.1, -0.05) is 78.0 Å². The number of halogens is 1. The number of carbonyl (C=O) groups excluding carboxylic acids is 1. The Hall–Kier alpha value is -3.09. The third-order valence-electron chi connectivity index (χ3n) is 5.53. The van der Waals surface area contributed by atoms with Gasteiger partial charge in [0.05, 0.1) is 23.2 Å². The van der Waals surface area contributed by atoms with E-state index in [1.165, 1.54) is 17.3 Å². The maximum absolute atomic E-state index is 13.2. The highest BCUT2D eigenvalue weighted by Crippen LogP contribution is 2.20. The van der Waals surface area contributed by atoms with Gasteiger partial charge in [0, 0.05) is 11.1 Å². The predicted octanol–water partition coefficient (Wildman–Crippen LogP) is 5.33. The molecule has 1 amide bonds. The van der Waals surface area contributed by atoms with Crippen LogP contribution in [-0.2, 0) is 17.8 Å². The first-order valence-corrected chi connectivity index (χ1v) is 12.6. The lowest BCUT2D eigenvalue weighted by atomic mass is 10.1. The number of benzene rings is 3. The molecule has 34 heavy (non-hydrogen) atoms. The van der Waals surface area contributed by atoms with Gasteiger partial charge in [-0.05, 0) is 55.2 Å². The van der Waals surface area contributed by atoms with E-state index in [1.54, 1.807) is 22.8 Å². The Kier molecular flexibility index (Phi) is 8.03. The fourth-order valence-electron chi connectivity index (χ4n) is 3.72. The Morgan fingerprint density at radius 1 is 1.00 bits per heavy atom. The molecule has 1 atom stereocenters. The number of aryl methyl sites for hydroxylation is 1. The molecule has 3 aromatic carbocycles. The highest BCUT2D eigenvalue weighted by Gasteiger charge is 2.15. The van der Waals surface area contributed by atoms with Crippen molar-refractivity contribution in [2.24, 2.45) is 0 Å². The summed E-state index contributed by atoms with van der Waals surface area (Å²) < 4.78 is 1.63. The average Bonchev–Trinajstić information content (AvgIpc) is 2.85. The summed E-state index contributed by atoms with van der Waals surface area (Å²) in [5, 5.41) is 4.77. The smallest absolute Gasteiger partial charge is 0.262 e. The van der Waals surface area contributed by atoms with Gasteiger partial charge in [-0.2, -0.15) is 0 Å². The zero-order valence-electron chi connectivity index (χ0n) is 18.9. The summed E-state index contributed by atoms with van der Waals surface area (Å²) in [4.78, 5) is 30.6. The lowest BCUT2D eigenvalue weighted by molar-refractivity contribution is -0.119. The first-order valence-electron chi connectivity index (χ1n) is 11.2. The number of hydrogen-bond donors (Lipinski definition) is 1. The van der Waals surface area contributed by atoms with E-state index in [9.17, 15) is 9.59 Å². The van der Waals surface area contributed by atoms with Gasteiger partial charge in [-0.25, -0.2) is 4.98 Å².